The van der Waals surface area contributed by atoms with E-state index in [1.54, 1.807) is 12.1 Å². The van der Waals surface area contributed by atoms with Crippen LogP contribution >= 0.6 is 0 Å². The lowest BCUT2D eigenvalue weighted by atomic mass is 9.52. The molecule has 4 saturated carbocycles. The fourth-order valence-electron chi connectivity index (χ4n) is 5.96. The summed E-state index contributed by atoms with van der Waals surface area (Å²) in [6.07, 6.45) is 7.38. The van der Waals surface area contributed by atoms with Crippen molar-refractivity contribution in [3.63, 3.8) is 0 Å². The Morgan fingerprint density at radius 1 is 1.06 bits per heavy atom. The van der Waals surface area contributed by atoms with Crippen molar-refractivity contribution in [1.82, 2.24) is 9.97 Å². The first kappa shape index (κ1) is 19.7. The SMILES string of the molecule is NC(=O)c1cnc(Nc2ccc(C(=O)O)cn2)cc1N[C@@H]1[C@@H]2C[C@@H]3C[C@H]1C[C@@](O)(C3)C2. The number of pyridine rings is 2. The molecule has 9 nitrogen and oxygen atoms in total. The van der Waals surface area contributed by atoms with Gasteiger partial charge in [0.2, 0.25) is 0 Å². The van der Waals surface area contributed by atoms with Gasteiger partial charge < -0.3 is 26.6 Å². The highest BCUT2D eigenvalue weighted by atomic mass is 16.4. The molecule has 0 aliphatic heterocycles. The Morgan fingerprint density at radius 2 is 1.77 bits per heavy atom. The van der Waals surface area contributed by atoms with Crippen LogP contribution in [0.5, 0.6) is 0 Å². The Morgan fingerprint density at radius 3 is 2.35 bits per heavy atom. The molecule has 0 radical (unpaired) electrons. The molecule has 6 N–H and O–H groups in total. The van der Waals surface area contributed by atoms with E-state index in [1.807, 2.05) is 0 Å². The number of carboxylic acids is 1. The van der Waals surface area contributed by atoms with Crippen LogP contribution in [-0.2, 0) is 0 Å². The highest BCUT2D eigenvalue weighted by Crippen LogP contribution is 2.56. The fourth-order valence-corrected chi connectivity index (χ4v) is 5.96. The number of nitrogens with two attached hydrogens (primary N) is 1. The van der Waals surface area contributed by atoms with E-state index in [2.05, 4.69) is 20.6 Å². The monoisotopic (exact) mass is 423 g/mol. The number of nitrogens with zero attached hydrogens (tertiary/aromatic N) is 2. The van der Waals surface area contributed by atoms with Crippen molar-refractivity contribution in [3.05, 3.63) is 41.7 Å². The number of carbonyl (C=O) groups excluding carboxylic acids is 1. The predicted octanol–water partition coefficient (Wildman–Crippen LogP) is 2.37. The maximum Gasteiger partial charge on any atom is 0.337 e. The lowest BCUT2D eigenvalue weighted by Crippen LogP contribution is -2.59. The van der Waals surface area contributed by atoms with Gasteiger partial charge in [-0.25, -0.2) is 14.8 Å². The number of hydrogen-bond donors (Lipinski definition) is 5. The molecule has 4 bridgehead atoms. The van der Waals surface area contributed by atoms with Gasteiger partial charge in [0, 0.05) is 24.5 Å². The zero-order chi connectivity index (χ0) is 21.8. The molecule has 5 atom stereocenters. The van der Waals surface area contributed by atoms with E-state index in [-0.39, 0.29) is 11.6 Å². The number of aliphatic hydroxyl groups is 1. The molecule has 0 spiro atoms. The van der Waals surface area contributed by atoms with Crippen LogP contribution in [0, 0.1) is 17.8 Å². The van der Waals surface area contributed by atoms with E-state index in [9.17, 15) is 14.7 Å². The topological polar surface area (TPSA) is 150 Å². The third kappa shape index (κ3) is 3.69. The maximum absolute atomic E-state index is 12.0. The molecule has 4 aliphatic rings. The van der Waals surface area contributed by atoms with Crippen molar-refractivity contribution >= 4 is 29.2 Å². The third-order valence-corrected chi connectivity index (χ3v) is 7.00. The first-order valence-electron chi connectivity index (χ1n) is 10.5. The van der Waals surface area contributed by atoms with Crippen LogP contribution in [0.4, 0.5) is 17.3 Å². The average molecular weight is 423 g/mol. The first-order chi connectivity index (χ1) is 14.8. The van der Waals surface area contributed by atoms with E-state index < -0.39 is 17.5 Å². The van der Waals surface area contributed by atoms with Crippen molar-refractivity contribution < 1.29 is 19.8 Å². The summed E-state index contributed by atoms with van der Waals surface area (Å²) in [5.74, 6) is 0.615. The summed E-state index contributed by atoms with van der Waals surface area (Å²) in [7, 11) is 0. The van der Waals surface area contributed by atoms with Gasteiger partial charge in [0.15, 0.2) is 0 Å². The van der Waals surface area contributed by atoms with Gasteiger partial charge >= 0.3 is 5.97 Å². The number of amides is 1. The number of carbonyl (C=O) groups is 2. The number of carboxylic acid groups (broad SMARTS) is 1. The molecule has 2 aromatic rings. The van der Waals surface area contributed by atoms with Gasteiger partial charge in [-0.05, 0) is 62.0 Å². The molecule has 4 fully saturated rings. The molecule has 6 rings (SSSR count). The Labute approximate surface area is 179 Å². The molecule has 1 amide bonds. The Kier molecular flexibility index (Phi) is 4.58. The molecule has 9 heteroatoms. The largest absolute Gasteiger partial charge is 0.478 e. The summed E-state index contributed by atoms with van der Waals surface area (Å²) in [5, 5.41) is 26.4. The summed E-state index contributed by atoms with van der Waals surface area (Å²) in [5.41, 5.74) is 6.07. The zero-order valence-electron chi connectivity index (χ0n) is 16.9. The molecule has 31 heavy (non-hydrogen) atoms. The van der Waals surface area contributed by atoms with Gasteiger partial charge in [-0.1, -0.05) is 0 Å². The minimum absolute atomic E-state index is 0.0912. The Bertz CT molecular complexity index is 1020. The van der Waals surface area contributed by atoms with Crippen molar-refractivity contribution in [3.8, 4) is 0 Å². The molecule has 4 aliphatic carbocycles. The molecular formula is C22H25N5O4. The first-order valence-corrected chi connectivity index (χ1v) is 10.5. The van der Waals surface area contributed by atoms with Crippen molar-refractivity contribution in [2.75, 3.05) is 10.6 Å². The predicted molar refractivity (Wildman–Crippen MR) is 113 cm³/mol. The van der Waals surface area contributed by atoms with E-state index in [0.29, 0.717) is 40.6 Å². The molecule has 0 saturated heterocycles. The van der Waals surface area contributed by atoms with Crippen LogP contribution in [0.15, 0.2) is 30.6 Å². The molecule has 2 heterocycles. The zero-order valence-corrected chi connectivity index (χ0v) is 16.9. The molecular weight excluding hydrogens is 398 g/mol. The molecule has 162 valence electrons. The quantitative estimate of drug-likeness (QED) is 0.475. The third-order valence-electron chi connectivity index (χ3n) is 7.00. The second-order valence-electron chi connectivity index (χ2n) is 9.21. The van der Waals surface area contributed by atoms with Crippen LogP contribution in [0.25, 0.3) is 0 Å². The number of hydrogen-bond acceptors (Lipinski definition) is 7. The van der Waals surface area contributed by atoms with E-state index in [4.69, 9.17) is 10.8 Å². The van der Waals surface area contributed by atoms with E-state index in [1.165, 1.54) is 18.5 Å². The summed E-state index contributed by atoms with van der Waals surface area (Å²) in [4.78, 5) is 31.3. The number of rotatable bonds is 6. The minimum Gasteiger partial charge on any atom is -0.478 e. The Hall–Kier alpha value is -3.20. The summed E-state index contributed by atoms with van der Waals surface area (Å²) >= 11 is 0. The van der Waals surface area contributed by atoms with Gasteiger partial charge in [-0.15, -0.1) is 0 Å². The van der Waals surface area contributed by atoms with Gasteiger partial charge in [0.1, 0.15) is 11.6 Å². The Balaban J connectivity index is 1.39. The van der Waals surface area contributed by atoms with Gasteiger partial charge in [0.25, 0.3) is 5.91 Å². The van der Waals surface area contributed by atoms with Gasteiger partial charge in [-0.2, -0.15) is 0 Å². The van der Waals surface area contributed by atoms with Crippen LogP contribution < -0.4 is 16.4 Å². The smallest absolute Gasteiger partial charge is 0.337 e. The number of nitrogens with one attached hydrogen (secondary N) is 2. The summed E-state index contributed by atoms with van der Waals surface area (Å²) in [6, 6.07) is 4.91. The maximum atomic E-state index is 12.0. The molecule has 0 aromatic carbocycles. The van der Waals surface area contributed by atoms with Crippen molar-refractivity contribution in [1.29, 1.82) is 0 Å². The summed E-state index contributed by atoms with van der Waals surface area (Å²) < 4.78 is 0. The average Bonchev–Trinajstić information content (AvgIpc) is 2.70. The standard InChI is InChI=1S/C22H25N5O4/c23-20(28)15-10-25-18(27-17-2-1-12(9-24-17)21(29)30)5-16(15)26-19-13-3-11-4-14(19)8-22(31,6-11)7-13/h1-2,5,9-11,13-14,19,31H,3-4,6-8H2,(H2,23,28)(H,29,30)(H2,24,25,26,27)/t11-,13-,14+,19-,22-. The second-order valence-corrected chi connectivity index (χ2v) is 9.21. The van der Waals surface area contributed by atoms with E-state index in [0.717, 1.165) is 32.1 Å². The molecule has 2 aromatic heterocycles. The second kappa shape index (κ2) is 7.19. The van der Waals surface area contributed by atoms with Crippen molar-refractivity contribution in [2.24, 2.45) is 23.5 Å². The van der Waals surface area contributed by atoms with Crippen molar-refractivity contribution in [2.45, 2.75) is 43.7 Å². The lowest BCUT2D eigenvalue weighted by Gasteiger charge is -2.58. The number of aromatic nitrogens is 2. The number of primary amides is 1. The van der Waals surface area contributed by atoms with Gasteiger partial charge in [0.05, 0.1) is 22.4 Å². The van der Waals surface area contributed by atoms with Crippen LogP contribution in [0.3, 0.4) is 0 Å². The van der Waals surface area contributed by atoms with Crippen LogP contribution in [0.2, 0.25) is 0 Å². The lowest BCUT2D eigenvalue weighted by molar-refractivity contribution is -0.129. The fraction of sp³-hybridized carbons (Fsp3) is 0.455. The minimum atomic E-state index is -1.05. The van der Waals surface area contributed by atoms with Gasteiger partial charge in [-0.3, -0.25) is 4.79 Å². The summed E-state index contributed by atoms with van der Waals surface area (Å²) in [6.45, 7) is 0. The highest BCUT2D eigenvalue weighted by Gasteiger charge is 2.54. The highest BCUT2D eigenvalue weighted by molar-refractivity contribution is 5.98. The number of anilines is 3. The molecule has 0 unspecified atom stereocenters. The van der Waals surface area contributed by atoms with E-state index >= 15 is 0 Å². The normalized spacial score (nSPS) is 30.7. The van der Waals surface area contributed by atoms with Crippen LogP contribution in [0.1, 0.15) is 52.8 Å². The number of aromatic carboxylic acids is 1. The van der Waals surface area contributed by atoms with Crippen LogP contribution in [-0.4, -0.2) is 43.7 Å².